The number of carbonyl (C=O) groups is 1. The average Bonchev–Trinajstić information content (AvgIpc) is 2.96. The summed E-state index contributed by atoms with van der Waals surface area (Å²) < 4.78 is 0. The Morgan fingerprint density at radius 2 is 0.700 bits per heavy atom. The van der Waals surface area contributed by atoms with Crippen LogP contribution in [0.3, 0.4) is 0 Å². The van der Waals surface area contributed by atoms with E-state index in [9.17, 15) is 9.90 Å². The van der Waals surface area contributed by atoms with Crippen molar-refractivity contribution < 1.29 is 9.90 Å². The van der Waals surface area contributed by atoms with Gasteiger partial charge in [0.15, 0.2) is 0 Å². The number of carbonyl (C=O) groups excluding carboxylic acids is 1. The fourth-order valence-electron chi connectivity index (χ4n) is 5.83. The Labute approximate surface area is 252 Å². The first kappa shape index (κ1) is 39.5. The summed E-state index contributed by atoms with van der Waals surface area (Å²) in [6.45, 7) is 11.5. The molecule has 0 aromatic heterocycles. The molecule has 1 N–H and O–H groups in total. The lowest BCUT2D eigenvalue weighted by atomic mass is 10.1. The van der Waals surface area contributed by atoms with Crippen molar-refractivity contribution in [1.82, 2.24) is 9.80 Å². The number of aldehydes is 1. The minimum Gasteiger partial charge on any atom is -0.395 e. The summed E-state index contributed by atoms with van der Waals surface area (Å²) in [6, 6.07) is 0. The Kier molecular flexibility index (Phi) is 34.4. The highest BCUT2D eigenvalue weighted by Gasteiger charge is 2.10. The molecule has 0 fully saturated rings. The fourth-order valence-corrected chi connectivity index (χ4v) is 5.83. The molecular weight excluding hydrogens is 492 g/mol. The second-order valence-corrected chi connectivity index (χ2v) is 12.5. The first-order valence-electron chi connectivity index (χ1n) is 18.3. The highest BCUT2D eigenvalue weighted by Crippen LogP contribution is 2.13. The summed E-state index contributed by atoms with van der Waals surface area (Å²) in [5.41, 5.74) is 0. The van der Waals surface area contributed by atoms with Gasteiger partial charge in [0, 0.05) is 26.1 Å². The van der Waals surface area contributed by atoms with Crippen LogP contribution in [0.4, 0.5) is 0 Å². The summed E-state index contributed by atoms with van der Waals surface area (Å²) in [4.78, 5) is 15.7. The highest BCUT2D eigenvalue weighted by molar-refractivity contribution is 5.48. The number of unbranched alkanes of at least 4 members (excludes halogenated alkanes) is 23. The van der Waals surface area contributed by atoms with Gasteiger partial charge in [0.2, 0.25) is 0 Å². The van der Waals surface area contributed by atoms with Gasteiger partial charge in [-0.15, -0.1) is 0 Å². The molecule has 0 saturated carbocycles. The first-order valence-corrected chi connectivity index (χ1v) is 18.3. The number of rotatable bonds is 35. The summed E-state index contributed by atoms with van der Waals surface area (Å²) in [5, 5.41) is 9.62. The molecule has 0 aliphatic rings. The van der Waals surface area contributed by atoms with Crippen molar-refractivity contribution in [3.05, 3.63) is 0 Å². The zero-order valence-electron chi connectivity index (χ0n) is 27.7. The van der Waals surface area contributed by atoms with E-state index >= 15 is 0 Å². The van der Waals surface area contributed by atoms with Crippen LogP contribution in [-0.4, -0.2) is 67.1 Å². The van der Waals surface area contributed by atoms with Crippen LogP contribution in [0.2, 0.25) is 0 Å². The number of aliphatic hydroxyl groups is 1. The molecule has 0 atom stereocenters. The standard InChI is InChI=1S/C36H74N2O2/c1-3-5-7-9-11-13-15-17-21-25-29-37(30-26-22-18-16-14-12-10-8-6-4-2)32-33-38(34-36-40)31-27-23-19-20-24-28-35-39/h35,40H,3-34,36H2,1-2H3. The molecule has 0 unspecified atom stereocenters. The monoisotopic (exact) mass is 567 g/mol. The molecule has 0 aliphatic heterocycles. The van der Waals surface area contributed by atoms with E-state index in [1.54, 1.807) is 0 Å². The summed E-state index contributed by atoms with van der Waals surface area (Å²) in [6.07, 6.45) is 35.7. The SMILES string of the molecule is CCCCCCCCCCCCN(CCCCCCCCCCCC)CCN(CCO)CCCCCCCC=O. The number of nitrogens with zero attached hydrogens (tertiary/aromatic N) is 2. The van der Waals surface area contributed by atoms with Crippen LogP contribution >= 0.6 is 0 Å². The second kappa shape index (κ2) is 34.7. The van der Waals surface area contributed by atoms with E-state index in [0.29, 0.717) is 6.42 Å². The second-order valence-electron chi connectivity index (χ2n) is 12.5. The molecule has 0 aromatic carbocycles. The normalized spacial score (nSPS) is 11.7. The van der Waals surface area contributed by atoms with E-state index in [0.717, 1.165) is 38.9 Å². The lowest BCUT2D eigenvalue weighted by Crippen LogP contribution is -2.38. The Morgan fingerprint density at radius 1 is 0.400 bits per heavy atom. The third-order valence-electron chi connectivity index (χ3n) is 8.60. The summed E-state index contributed by atoms with van der Waals surface area (Å²) >= 11 is 0. The van der Waals surface area contributed by atoms with Gasteiger partial charge in [-0.25, -0.2) is 0 Å². The molecule has 0 aliphatic carbocycles. The van der Waals surface area contributed by atoms with Gasteiger partial charge in [-0.3, -0.25) is 4.90 Å². The van der Waals surface area contributed by atoms with E-state index in [1.807, 2.05) is 0 Å². The molecule has 0 spiro atoms. The third-order valence-corrected chi connectivity index (χ3v) is 8.60. The number of hydrogen-bond donors (Lipinski definition) is 1. The van der Waals surface area contributed by atoms with Gasteiger partial charge in [0.05, 0.1) is 6.61 Å². The van der Waals surface area contributed by atoms with Crippen molar-refractivity contribution in [2.75, 3.05) is 45.9 Å². The minimum atomic E-state index is 0.260. The molecule has 0 radical (unpaired) electrons. The van der Waals surface area contributed by atoms with E-state index in [2.05, 4.69) is 23.6 Å². The molecule has 0 saturated heterocycles. The van der Waals surface area contributed by atoms with Crippen LogP contribution in [-0.2, 0) is 4.79 Å². The Hall–Kier alpha value is -0.450. The molecule has 0 rings (SSSR count). The number of hydrogen-bond acceptors (Lipinski definition) is 4. The number of aliphatic hydroxyl groups excluding tert-OH is 1. The van der Waals surface area contributed by atoms with Crippen LogP contribution in [0.15, 0.2) is 0 Å². The van der Waals surface area contributed by atoms with Gasteiger partial charge in [-0.2, -0.15) is 0 Å². The Bertz CT molecular complexity index is 450. The van der Waals surface area contributed by atoms with Crippen molar-refractivity contribution in [1.29, 1.82) is 0 Å². The van der Waals surface area contributed by atoms with Crippen LogP contribution in [0.5, 0.6) is 0 Å². The fraction of sp³-hybridized carbons (Fsp3) is 0.972. The lowest BCUT2D eigenvalue weighted by molar-refractivity contribution is -0.107. The van der Waals surface area contributed by atoms with E-state index < -0.39 is 0 Å². The van der Waals surface area contributed by atoms with Gasteiger partial charge >= 0.3 is 0 Å². The van der Waals surface area contributed by atoms with Crippen molar-refractivity contribution in [2.45, 2.75) is 181 Å². The van der Waals surface area contributed by atoms with Crippen LogP contribution < -0.4 is 0 Å². The van der Waals surface area contributed by atoms with Crippen LogP contribution in [0, 0.1) is 0 Å². The van der Waals surface area contributed by atoms with Crippen molar-refractivity contribution in [2.24, 2.45) is 0 Å². The average molecular weight is 567 g/mol. The van der Waals surface area contributed by atoms with Gasteiger partial charge in [-0.05, 0) is 45.3 Å². The molecule has 0 bridgehead atoms. The molecule has 240 valence electrons. The van der Waals surface area contributed by atoms with Gasteiger partial charge in [0.25, 0.3) is 0 Å². The molecule has 4 nitrogen and oxygen atoms in total. The molecule has 4 heteroatoms. The quantitative estimate of drug-likeness (QED) is 0.0612. The van der Waals surface area contributed by atoms with E-state index in [1.165, 1.54) is 167 Å². The minimum absolute atomic E-state index is 0.260. The molecule has 0 aromatic rings. The molecular formula is C36H74N2O2. The third kappa shape index (κ3) is 30.5. The van der Waals surface area contributed by atoms with Gasteiger partial charge in [-0.1, -0.05) is 149 Å². The van der Waals surface area contributed by atoms with Gasteiger partial charge < -0.3 is 14.8 Å². The van der Waals surface area contributed by atoms with E-state index in [-0.39, 0.29) is 6.61 Å². The summed E-state index contributed by atoms with van der Waals surface area (Å²) in [5.74, 6) is 0. The highest BCUT2D eigenvalue weighted by atomic mass is 16.3. The maximum Gasteiger partial charge on any atom is 0.119 e. The van der Waals surface area contributed by atoms with Crippen molar-refractivity contribution in [3.8, 4) is 0 Å². The molecule has 40 heavy (non-hydrogen) atoms. The lowest BCUT2D eigenvalue weighted by Gasteiger charge is -2.27. The molecule has 0 heterocycles. The first-order chi connectivity index (χ1) is 19.8. The zero-order valence-corrected chi connectivity index (χ0v) is 27.7. The predicted molar refractivity (Wildman–Crippen MR) is 177 cm³/mol. The largest absolute Gasteiger partial charge is 0.395 e. The van der Waals surface area contributed by atoms with Gasteiger partial charge in [0.1, 0.15) is 6.29 Å². The predicted octanol–water partition coefficient (Wildman–Crippen LogP) is 9.96. The maximum atomic E-state index is 10.5. The Morgan fingerprint density at radius 3 is 1.02 bits per heavy atom. The Balaban J connectivity index is 4.26. The van der Waals surface area contributed by atoms with Crippen LogP contribution in [0.25, 0.3) is 0 Å². The van der Waals surface area contributed by atoms with Crippen molar-refractivity contribution in [3.63, 3.8) is 0 Å². The van der Waals surface area contributed by atoms with E-state index in [4.69, 9.17) is 0 Å². The zero-order chi connectivity index (χ0) is 29.2. The topological polar surface area (TPSA) is 43.8 Å². The summed E-state index contributed by atoms with van der Waals surface area (Å²) in [7, 11) is 0. The van der Waals surface area contributed by atoms with Crippen LogP contribution in [0.1, 0.15) is 181 Å². The smallest absolute Gasteiger partial charge is 0.119 e. The van der Waals surface area contributed by atoms with Crippen molar-refractivity contribution >= 4 is 6.29 Å². The molecule has 0 amide bonds. The maximum absolute atomic E-state index is 10.5.